The molecule has 1 aromatic carbocycles. The van der Waals surface area contributed by atoms with Crippen molar-refractivity contribution in [3.63, 3.8) is 0 Å². The summed E-state index contributed by atoms with van der Waals surface area (Å²) in [5.41, 5.74) is 4.31. The van der Waals surface area contributed by atoms with Crippen LogP contribution in [-0.4, -0.2) is 36.8 Å². The highest BCUT2D eigenvalue weighted by Crippen LogP contribution is 2.49. The van der Waals surface area contributed by atoms with Gasteiger partial charge in [0.15, 0.2) is 0 Å². The van der Waals surface area contributed by atoms with Gasteiger partial charge in [0, 0.05) is 49.2 Å². The van der Waals surface area contributed by atoms with Crippen molar-refractivity contribution < 1.29 is 4.74 Å². The number of hydrogen-bond donors (Lipinski definition) is 1. The summed E-state index contributed by atoms with van der Waals surface area (Å²) in [5, 5.41) is 3.78. The van der Waals surface area contributed by atoms with E-state index in [1.807, 2.05) is 12.3 Å². The molecule has 4 nitrogen and oxygen atoms in total. The first kappa shape index (κ1) is 21.0. The van der Waals surface area contributed by atoms with Crippen molar-refractivity contribution in [2.75, 3.05) is 31.1 Å². The number of rotatable bonds is 7. The lowest BCUT2D eigenvalue weighted by Gasteiger charge is -2.46. The average Bonchev–Trinajstić information content (AvgIpc) is 3.23. The minimum Gasteiger partial charge on any atom is -0.375 e. The maximum absolute atomic E-state index is 6.39. The van der Waals surface area contributed by atoms with E-state index in [9.17, 15) is 0 Å². The number of aromatic nitrogens is 1. The van der Waals surface area contributed by atoms with E-state index in [2.05, 4.69) is 53.5 Å². The topological polar surface area (TPSA) is 37.4 Å². The van der Waals surface area contributed by atoms with Crippen molar-refractivity contribution in [2.45, 2.75) is 69.4 Å². The molecular formula is C27H37N3O. The number of benzene rings is 1. The summed E-state index contributed by atoms with van der Waals surface area (Å²) in [6, 6.07) is 15.3. The van der Waals surface area contributed by atoms with E-state index in [0.717, 1.165) is 44.9 Å². The Morgan fingerprint density at radius 2 is 1.87 bits per heavy atom. The molecule has 1 aliphatic carbocycles. The van der Waals surface area contributed by atoms with Gasteiger partial charge in [0.1, 0.15) is 0 Å². The number of nitrogens with one attached hydrogen (secondary N) is 1. The van der Waals surface area contributed by atoms with Crippen LogP contribution in [0.5, 0.6) is 0 Å². The molecule has 3 fully saturated rings. The molecule has 1 unspecified atom stereocenters. The Labute approximate surface area is 187 Å². The Hall–Kier alpha value is -1.91. The van der Waals surface area contributed by atoms with E-state index in [0.29, 0.717) is 0 Å². The van der Waals surface area contributed by atoms with Gasteiger partial charge in [0.05, 0.1) is 5.60 Å². The van der Waals surface area contributed by atoms with Crippen molar-refractivity contribution in [2.24, 2.45) is 5.92 Å². The highest BCUT2D eigenvalue weighted by atomic mass is 16.5. The van der Waals surface area contributed by atoms with Gasteiger partial charge >= 0.3 is 0 Å². The third kappa shape index (κ3) is 4.38. The van der Waals surface area contributed by atoms with Crippen LogP contribution in [0.25, 0.3) is 0 Å². The van der Waals surface area contributed by atoms with Gasteiger partial charge in [-0.3, -0.25) is 4.98 Å². The molecular weight excluding hydrogens is 382 g/mol. The van der Waals surface area contributed by atoms with Crippen LogP contribution in [0.2, 0.25) is 0 Å². The van der Waals surface area contributed by atoms with Gasteiger partial charge in [0.2, 0.25) is 0 Å². The highest BCUT2D eigenvalue weighted by Gasteiger charge is 2.48. The number of anilines is 1. The molecule has 3 aliphatic rings. The van der Waals surface area contributed by atoms with Crippen LogP contribution in [0.3, 0.4) is 0 Å². The molecule has 1 N–H and O–H groups in total. The van der Waals surface area contributed by atoms with E-state index < -0.39 is 0 Å². The quantitative estimate of drug-likeness (QED) is 0.635. The summed E-state index contributed by atoms with van der Waals surface area (Å²) in [7, 11) is 0. The van der Waals surface area contributed by atoms with E-state index in [4.69, 9.17) is 9.72 Å². The molecule has 0 bridgehead atoms. The van der Waals surface area contributed by atoms with Crippen LogP contribution >= 0.6 is 0 Å². The number of ether oxygens (including phenoxy) is 1. The van der Waals surface area contributed by atoms with Crippen LogP contribution in [0.4, 0.5) is 5.69 Å². The van der Waals surface area contributed by atoms with Crippen LogP contribution in [0.15, 0.2) is 48.7 Å². The van der Waals surface area contributed by atoms with Crippen LogP contribution < -0.4 is 10.2 Å². The molecule has 31 heavy (non-hydrogen) atoms. The predicted octanol–water partition coefficient (Wildman–Crippen LogP) is 5.08. The summed E-state index contributed by atoms with van der Waals surface area (Å²) >= 11 is 0. The predicted molar refractivity (Wildman–Crippen MR) is 126 cm³/mol. The second-order valence-corrected chi connectivity index (χ2v) is 10.2. The van der Waals surface area contributed by atoms with Crippen molar-refractivity contribution >= 4 is 5.69 Å². The number of hydrogen-bond acceptors (Lipinski definition) is 4. The molecule has 4 heteroatoms. The van der Waals surface area contributed by atoms with Crippen molar-refractivity contribution in [1.29, 1.82) is 0 Å². The number of para-hydroxylation sites is 1. The van der Waals surface area contributed by atoms with Crippen molar-refractivity contribution in [1.82, 2.24) is 10.3 Å². The maximum Gasteiger partial charge on any atom is 0.0691 e. The molecule has 166 valence electrons. The molecule has 3 heterocycles. The van der Waals surface area contributed by atoms with Crippen molar-refractivity contribution in [3.05, 3.63) is 59.9 Å². The van der Waals surface area contributed by atoms with Gasteiger partial charge in [-0.2, -0.15) is 0 Å². The summed E-state index contributed by atoms with van der Waals surface area (Å²) in [5.74, 6) is 0.815. The SMILES string of the molecule is CC1CN(c2ccccc2CNCCC2(c3ccccn3)CCOC3(CCCC3)C2)C1. The first-order valence-electron chi connectivity index (χ1n) is 12.3. The summed E-state index contributed by atoms with van der Waals surface area (Å²) in [4.78, 5) is 7.35. The second-order valence-electron chi connectivity index (χ2n) is 10.2. The third-order valence-electron chi connectivity index (χ3n) is 7.86. The smallest absolute Gasteiger partial charge is 0.0691 e. The lowest BCUT2D eigenvalue weighted by Crippen LogP contribution is -2.47. The Bertz CT molecular complexity index is 858. The Morgan fingerprint density at radius 1 is 1.06 bits per heavy atom. The van der Waals surface area contributed by atoms with Gasteiger partial charge in [-0.15, -0.1) is 0 Å². The van der Waals surface area contributed by atoms with Gasteiger partial charge < -0.3 is 15.0 Å². The fourth-order valence-corrected chi connectivity index (χ4v) is 6.21. The minimum absolute atomic E-state index is 0.0938. The second kappa shape index (κ2) is 8.91. The van der Waals surface area contributed by atoms with E-state index in [-0.39, 0.29) is 11.0 Å². The summed E-state index contributed by atoms with van der Waals surface area (Å²) in [6.07, 6.45) is 10.3. The Kier molecular flexibility index (Phi) is 6.03. The normalized spacial score (nSPS) is 25.6. The monoisotopic (exact) mass is 419 g/mol. The first-order chi connectivity index (χ1) is 15.2. The van der Waals surface area contributed by atoms with Gasteiger partial charge in [0.25, 0.3) is 0 Å². The van der Waals surface area contributed by atoms with Crippen LogP contribution in [0.1, 0.15) is 63.1 Å². The molecule has 0 radical (unpaired) electrons. The van der Waals surface area contributed by atoms with E-state index >= 15 is 0 Å². The summed E-state index contributed by atoms with van der Waals surface area (Å²) in [6.45, 7) is 7.51. The average molecular weight is 420 g/mol. The lowest BCUT2D eigenvalue weighted by atomic mass is 9.68. The first-order valence-corrected chi connectivity index (χ1v) is 12.3. The maximum atomic E-state index is 6.39. The van der Waals surface area contributed by atoms with Crippen LogP contribution in [0, 0.1) is 5.92 Å². The fourth-order valence-electron chi connectivity index (χ4n) is 6.21. The fraction of sp³-hybridized carbons (Fsp3) is 0.593. The highest BCUT2D eigenvalue weighted by molar-refractivity contribution is 5.55. The molecule has 1 saturated carbocycles. The Balaban J connectivity index is 1.26. The standard InChI is InChI=1S/C27H37N3O/c1-22-19-30(20-22)24-9-3-2-8-23(24)18-28-16-13-26(25-10-4-7-15-29-25)14-17-31-27(21-26)11-5-6-12-27/h2-4,7-10,15,22,28H,5-6,11-14,16-21H2,1H3. The largest absolute Gasteiger partial charge is 0.375 e. The van der Waals surface area contributed by atoms with Gasteiger partial charge in [-0.05, 0) is 68.3 Å². The molecule has 1 atom stereocenters. The van der Waals surface area contributed by atoms with Crippen molar-refractivity contribution in [3.8, 4) is 0 Å². The molecule has 0 amide bonds. The zero-order valence-electron chi connectivity index (χ0n) is 19.0. The number of pyridine rings is 1. The van der Waals surface area contributed by atoms with Crippen LogP contribution in [-0.2, 0) is 16.7 Å². The molecule has 2 saturated heterocycles. The zero-order valence-corrected chi connectivity index (χ0v) is 19.0. The third-order valence-corrected chi connectivity index (χ3v) is 7.86. The van der Waals surface area contributed by atoms with Gasteiger partial charge in [-0.25, -0.2) is 0 Å². The van der Waals surface area contributed by atoms with Gasteiger partial charge in [-0.1, -0.05) is 44.0 Å². The minimum atomic E-state index is 0.0938. The Morgan fingerprint density at radius 3 is 2.65 bits per heavy atom. The molecule has 2 aliphatic heterocycles. The molecule has 5 rings (SSSR count). The lowest BCUT2D eigenvalue weighted by molar-refractivity contribution is -0.104. The molecule has 1 spiro atoms. The molecule has 1 aromatic heterocycles. The zero-order chi connectivity index (χ0) is 21.2. The van der Waals surface area contributed by atoms with E-state index in [1.165, 1.54) is 55.7 Å². The molecule has 2 aromatic rings. The summed E-state index contributed by atoms with van der Waals surface area (Å²) < 4.78 is 6.39. The van der Waals surface area contributed by atoms with E-state index in [1.54, 1.807) is 0 Å². The number of nitrogens with zero attached hydrogens (tertiary/aromatic N) is 2.